The topological polar surface area (TPSA) is 82.5 Å². The van der Waals surface area contributed by atoms with E-state index >= 15 is 0 Å². The molecule has 1 aliphatic heterocycles. The fourth-order valence-corrected chi connectivity index (χ4v) is 2.34. The minimum Gasteiger partial charge on any atom is -0.350 e. The molecular weight excluding hydrogens is 286 g/mol. The van der Waals surface area contributed by atoms with E-state index in [0.717, 1.165) is 19.3 Å². The zero-order valence-corrected chi connectivity index (χ0v) is 12.0. The first-order chi connectivity index (χ1) is 10.7. The Morgan fingerprint density at radius 1 is 1.41 bits per heavy atom. The molecule has 1 N–H and O–H groups in total. The van der Waals surface area contributed by atoms with Crippen molar-refractivity contribution in [3.8, 4) is 0 Å². The summed E-state index contributed by atoms with van der Waals surface area (Å²) in [6.07, 6.45) is 3.71. The van der Waals surface area contributed by atoms with Gasteiger partial charge in [-0.2, -0.15) is 0 Å². The third kappa shape index (κ3) is 3.32. The van der Waals surface area contributed by atoms with E-state index in [1.54, 1.807) is 18.2 Å². The molecule has 1 atom stereocenters. The molecule has 1 aromatic heterocycles. The van der Waals surface area contributed by atoms with Gasteiger partial charge in [-0.1, -0.05) is 12.1 Å². The summed E-state index contributed by atoms with van der Waals surface area (Å²) >= 11 is 0. The van der Waals surface area contributed by atoms with E-state index in [1.807, 2.05) is 6.07 Å². The second kappa shape index (κ2) is 6.67. The van der Waals surface area contributed by atoms with Crippen LogP contribution in [0.25, 0.3) is 10.9 Å². The third-order valence-corrected chi connectivity index (χ3v) is 3.49. The van der Waals surface area contributed by atoms with Crippen LogP contribution in [0.4, 0.5) is 0 Å². The minimum atomic E-state index is -0.423. The highest BCUT2D eigenvalue weighted by molar-refractivity contribution is 5.78. The molecule has 1 amide bonds. The minimum absolute atomic E-state index is 0.149. The van der Waals surface area contributed by atoms with Gasteiger partial charge in [0.2, 0.25) is 0 Å². The van der Waals surface area contributed by atoms with Crippen molar-refractivity contribution in [2.45, 2.75) is 32.1 Å². The van der Waals surface area contributed by atoms with Gasteiger partial charge in [0.15, 0.2) is 6.29 Å². The Hall–Kier alpha value is -2.25. The van der Waals surface area contributed by atoms with Gasteiger partial charge in [0.25, 0.3) is 11.5 Å². The van der Waals surface area contributed by atoms with Gasteiger partial charge >= 0.3 is 0 Å². The summed E-state index contributed by atoms with van der Waals surface area (Å²) in [5, 5.41) is 0.481. The van der Waals surface area contributed by atoms with E-state index in [2.05, 4.69) is 10.5 Å². The number of hydroxylamine groups is 1. The average Bonchev–Trinajstić information content (AvgIpc) is 2.57. The number of carbonyl (C=O) groups excluding carboxylic acids is 1. The largest absolute Gasteiger partial charge is 0.350 e. The zero-order chi connectivity index (χ0) is 15.4. The number of nitrogens with zero attached hydrogens (tertiary/aromatic N) is 2. The molecule has 1 fully saturated rings. The highest BCUT2D eigenvalue weighted by Gasteiger charge is 2.16. The van der Waals surface area contributed by atoms with Crippen LogP contribution in [0.3, 0.4) is 0 Å². The molecule has 1 aliphatic rings. The van der Waals surface area contributed by atoms with Crippen LogP contribution in [-0.2, 0) is 20.9 Å². The van der Waals surface area contributed by atoms with Gasteiger partial charge in [0.05, 0.1) is 17.2 Å². The molecule has 1 aromatic carbocycles. The molecule has 116 valence electrons. The van der Waals surface area contributed by atoms with E-state index in [4.69, 9.17) is 9.57 Å². The van der Waals surface area contributed by atoms with Crippen molar-refractivity contribution < 1.29 is 14.4 Å². The standard InChI is InChI=1S/C15H17N3O4/c19-13(17-22-14-7-3-4-8-21-14)9-18-10-16-12-6-2-1-5-11(12)15(18)20/h1-2,5-6,10,14H,3-4,7-9H2,(H,17,19). The summed E-state index contributed by atoms with van der Waals surface area (Å²) in [5.41, 5.74) is 2.68. The molecule has 3 rings (SSSR count). The van der Waals surface area contributed by atoms with Crippen molar-refractivity contribution in [2.75, 3.05) is 6.61 Å². The van der Waals surface area contributed by atoms with Crippen molar-refractivity contribution >= 4 is 16.8 Å². The van der Waals surface area contributed by atoms with Crippen LogP contribution >= 0.6 is 0 Å². The first-order valence-electron chi connectivity index (χ1n) is 7.24. The zero-order valence-electron chi connectivity index (χ0n) is 12.0. The van der Waals surface area contributed by atoms with E-state index in [-0.39, 0.29) is 12.1 Å². The van der Waals surface area contributed by atoms with Crippen molar-refractivity contribution in [3.63, 3.8) is 0 Å². The van der Waals surface area contributed by atoms with Crippen molar-refractivity contribution in [1.82, 2.24) is 15.0 Å². The second-order valence-corrected chi connectivity index (χ2v) is 5.13. The lowest BCUT2D eigenvalue weighted by molar-refractivity contribution is -0.200. The third-order valence-electron chi connectivity index (χ3n) is 3.49. The van der Waals surface area contributed by atoms with Crippen LogP contribution in [0, 0.1) is 0 Å². The molecule has 0 aliphatic carbocycles. The first kappa shape index (κ1) is 14.7. The molecule has 7 heteroatoms. The number of amides is 1. The number of aromatic nitrogens is 2. The number of fused-ring (bicyclic) bond motifs is 1. The monoisotopic (exact) mass is 303 g/mol. The maximum Gasteiger partial charge on any atom is 0.263 e. The lowest BCUT2D eigenvalue weighted by Gasteiger charge is -2.22. The van der Waals surface area contributed by atoms with E-state index in [0.29, 0.717) is 17.5 Å². The van der Waals surface area contributed by atoms with Crippen LogP contribution in [0.15, 0.2) is 35.4 Å². The number of ether oxygens (including phenoxy) is 1. The molecular formula is C15H17N3O4. The molecule has 2 aromatic rings. The fraction of sp³-hybridized carbons (Fsp3) is 0.400. The maximum atomic E-state index is 12.2. The summed E-state index contributed by atoms with van der Waals surface area (Å²) in [4.78, 5) is 33.5. The summed E-state index contributed by atoms with van der Waals surface area (Å²) < 4.78 is 6.59. The first-order valence-corrected chi connectivity index (χ1v) is 7.24. The van der Waals surface area contributed by atoms with Crippen LogP contribution in [-0.4, -0.2) is 28.4 Å². The van der Waals surface area contributed by atoms with Crippen LogP contribution in [0.5, 0.6) is 0 Å². The normalized spacial score (nSPS) is 18.3. The number of nitrogens with one attached hydrogen (secondary N) is 1. The smallest absolute Gasteiger partial charge is 0.263 e. The molecule has 0 radical (unpaired) electrons. The van der Waals surface area contributed by atoms with Crippen molar-refractivity contribution in [3.05, 3.63) is 40.9 Å². The number of carbonyl (C=O) groups is 1. The Morgan fingerprint density at radius 2 is 2.27 bits per heavy atom. The molecule has 0 bridgehead atoms. The predicted molar refractivity (Wildman–Crippen MR) is 78.8 cm³/mol. The average molecular weight is 303 g/mol. The number of rotatable bonds is 4. The van der Waals surface area contributed by atoms with Gasteiger partial charge in [-0.25, -0.2) is 15.3 Å². The molecule has 22 heavy (non-hydrogen) atoms. The molecule has 2 heterocycles. The Labute approximate surface area is 126 Å². The van der Waals surface area contributed by atoms with E-state index in [1.165, 1.54) is 10.9 Å². The van der Waals surface area contributed by atoms with Gasteiger partial charge in [0.1, 0.15) is 6.54 Å². The summed E-state index contributed by atoms with van der Waals surface area (Å²) in [5.74, 6) is -0.423. The Kier molecular flexibility index (Phi) is 4.45. The van der Waals surface area contributed by atoms with Crippen molar-refractivity contribution in [2.24, 2.45) is 0 Å². The van der Waals surface area contributed by atoms with Crippen molar-refractivity contribution in [1.29, 1.82) is 0 Å². The fourth-order valence-electron chi connectivity index (χ4n) is 2.34. The Balaban J connectivity index is 1.63. The Bertz CT molecular complexity index is 722. The maximum absolute atomic E-state index is 12.2. The molecule has 7 nitrogen and oxygen atoms in total. The van der Waals surface area contributed by atoms with Gasteiger partial charge in [-0.15, -0.1) is 0 Å². The van der Waals surface area contributed by atoms with Crippen LogP contribution in [0.2, 0.25) is 0 Å². The second-order valence-electron chi connectivity index (χ2n) is 5.13. The van der Waals surface area contributed by atoms with Gasteiger partial charge in [-0.05, 0) is 25.0 Å². The van der Waals surface area contributed by atoms with E-state index in [9.17, 15) is 9.59 Å². The predicted octanol–water partition coefficient (Wildman–Crippen LogP) is 0.971. The van der Waals surface area contributed by atoms with Crippen LogP contribution < -0.4 is 11.0 Å². The summed E-state index contributed by atoms with van der Waals surface area (Å²) in [6, 6.07) is 7.01. The lowest BCUT2D eigenvalue weighted by Crippen LogP contribution is -2.36. The highest BCUT2D eigenvalue weighted by Crippen LogP contribution is 2.12. The molecule has 0 saturated carbocycles. The SMILES string of the molecule is O=C(Cn1cnc2ccccc2c1=O)NOC1CCCCO1. The number of hydrogen-bond acceptors (Lipinski definition) is 5. The number of para-hydroxylation sites is 1. The van der Waals surface area contributed by atoms with E-state index < -0.39 is 12.2 Å². The van der Waals surface area contributed by atoms with Gasteiger partial charge in [-0.3, -0.25) is 14.2 Å². The molecule has 0 spiro atoms. The van der Waals surface area contributed by atoms with Crippen LogP contribution in [0.1, 0.15) is 19.3 Å². The molecule has 1 unspecified atom stereocenters. The lowest BCUT2D eigenvalue weighted by atomic mass is 10.2. The summed E-state index contributed by atoms with van der Waals surface area (Å²) in [7, 11) is 0. The number of benzene rings is 1. The molecule has 1 saturated heterocycles. The quantitative estimate of drug-likeness (QED) is 0.851. The van der Waals surface area contributed by atoms with Gasteiger partial charge < -0.3 is 4.74 Å². The number of hydrogen-bond donors (Lipinski definition) is 1. The highest BCUT2D eigenvalue weighted by atomic mass is 16.8. The Morgan fingerprint density at radius 3 is 3.09 bits per heavy atom. The van der Waals surface area contributed by atoms with Gasteiger partial charge in [0, 0.05) is 13.0 Å². The summed E-state index contributed by atoms with van der Waals surface area (Å²) in [6.45, 7) is 0.484.